The van der Waals surface area contributed by atoms with Crippen LogP contribution in [0.3, 0.4) is 0 Å². The Balaban J connectivity index is 1.33. The van der Waals surface area contributed by atoms with E-state index in [2.05, 4.69) is 5.43 Å². The number of benzene rings is 4. The average Bonchev–Trinajstić information content (AvgIpc) is 3.48. The molecule has 252 valence electrons. The average molecular weight is 715 g/mol. The highest BCUT2D eigenvalue weighted by atomic mass is 35.5. The quantitative estimate of drug-likeness (QED) is 0.168. The van der Waals surface area contributed by atoms with Crippen molar-refractivity contribution in [1.82, 2.24) is 5.01 Å². The summed E-state index contributed by atoms with van der Waals surface area (Å²) in [6.45, 7) is 0. The number of para-hydroxylation sites is 1. The van der Waals surface area contributed by atoms with Crippen LogP contribution < -0.4 is 10.3 Å². The van der Waals surface area contributed by atoms with Crippen molar-refractivity contribution in [1.29, 1.82) is 0 Å². The van der Waals surface area contributed by atoms with Crippen LogP contribution in [0.1, 0.15) is 29.9 Å². The number of halogens is 4. The topological polar surface area (TPSA) is 107 Å². The van der Waals surface area contributed by atoms with Gasteiger partial charge < -0.3 is 5.11 Å². The largest absolute Gasteiger partial charge is 0.505 e. The summed E-state index contributed by atoms with van der Waals surface area (Å²) in [5, 5.41) is 13.0. The Labute approximate surface area is 294 Å². The number of phenolic OH excluding ortho intramolecular Hbond substituents is 1. The van der Waals surface area contributed by atoms with E-state index in [1.54, 1.807) is 54.6 Å². The predicted molar refractivity (Wildman–Crippen MR) is 181 cm³/mol. The van der Waals surface area contributed by atoms with Gasteiger partial charge in [-0.05, 0) is 91.1 Å². The monoisotopic (exact) mass is 713 g/mol. The van der Waals surface area contributed by atoms with Crippen molar-refractivity contribution in [3.8, 4) is 5.75 Å². The van der Waals surface area contributed by atoms with E-state index in [9.17, 15) is 23.9 Å². The molecule has 1 saturated carbocycles. The Morgan fingerprint density at radius 2 is 1.44 bits per heavy atom. The highest BCUT2D eigenvalue weighted by Crippen LogP contribution is 2.65. The molecule has 6 atom stereocenters. The van der Waals surface area contributed by atoms with Gasteiger partial charge in [-0.15, -0.1) is 0 Å². The van der Waals surface area contributed by atoms with E-state index >= 15 is 9.18 Å². The van der Waals surface area contributed by atoms with Gasteiger partial charge in [0.05, 0.1) is 34.5 Å². The number of phenols is 1. The van der Waals surface area contributed by atoms with E-state index in [0.29, 0.717) is 26.9 Å². The van der Waals surface area contributed by atoms with Crippen molar-refractivity contribution < 1.29 is 33.1 Å². The van der Waals surface area contributed by atoms with Gasteiger partial charge in [0.15, 0.2) is 11.6 Å². The molecule has 0 aromatic heterocycles. The van der Waals surface area contributed by atoms with Crippen LogP contribution in [0.25, 0.3) is 0 Å². The molecule has 0 unspecified atom stereocenters. The molecule has 4 amide bonds. The SMILES string of the molecule is O=C1[C@@H]2C[C@@H]3C(=CC[C@@H]4C(=O)N(c5ccc(Cl)cc5)C(=O)[C@@H]43)[C@H](c3cccc(F)c3O)[C@]2(c2ccc(Cl)cc2)C(=O)N1Nc1ccc(F)cc1. The first kappa shape index (κ1) is 32.2. The molecule has 8 nitrogen and oxygen atoms in total. The number of fused-ring (bicyclic) bond motifs is 4. The lowest BCUT2D eigenvalue weighted by Crippen LogP contribution is -2.53. The van der Waals surface area contributed by atoms with Crippen LogP contribution in [0, 0.1) is 35.3 Å². The van der Waals surface area contributed by atoms with Crippen LogP contribution >= 0.6 is 23.2 Å². The number of imide groups is 2. The normalized spacial score (nSPS) is 27.2. The summed E-state index contributed by atoms with van der Waals surface area (Å²) in [7, 11) is 0. The predicted octanol–water partition coefficient (Wildman–Crippen LogP) is 7.17. The van der Waals surface area contributed by atoms with E-state index in [0.717, 1.165) is 16.0 Å². The molecule has 0 bridgehead atoms. The summed E-state index contributed by atoms with van der Waals surface area (Å²) in [5.41, 5.74) is 2.69. The van der Waals surface area contributed by atoms with Crippen LogP contribution in [0.2, 0.25) is 10.0 Å². The first-order valence-electron chi connectivity index (χ1n) is 16.0. The number of hydrogen-bond donors (Lipinski definition) is 2. The summed E-state index contributed by atoms with van der Waals surface area (Å²) >= 11 is 12.4. The zero-order chi connectivity index (χ0) is 35.1. The fraction of sp³-hybridized carbons (Fsp3) is 0.211. The Kier molecular flexibility index (Phi) is 7.58. The van der Waals surface area contributed by atoms with Crippen molar-refractivity contribution >= 4 is 58.2 Å². The molecule has 12 heteroatoms. The van der Waals surface area contributed by atoms with Crippen LogP contribution in [0.4, 0.5) is 20.2 Å². The van der Waals surface area contributed by atoms with Crippen molar-refractivity contribution in [2.24, 2.45) is 23.7 Å². The molecule has 2 aliphatic heterocycles. The van der Waals surface area contributed by atoms with Gasteiger partial charge >= 0.3 is 0 Å². The lowest BCUT2D eigenvalue weighted by Gasteiger charge is -2.50. The number of nitrogens with zero attached hydrogens (tertiary/aromatic N) is 2. The van der Waals surface area contributed by atoms with Crippen molar-refractivity contribution in [3.05, 3.63) is 135 Å². The summed E-state index contributed by atoms with van der Waals surface area (Å²) in [6.07, 6.45) is 1.93. The number of hydrogen-bond acceptors (Lipinski definition) is 6. The van der Waals surface area contributed by atoms with Crippen LogP contribution in [-0.4, -0.2) is 33.7 Å². The molecule has 0 spiro atoms. The molecule has 3 fully saturated rings. The molecule has 2 saturated heterocycles. The van der Waals surface area contributed by atoms with Gasteiger partial charge in [-0.3, -0.25) is 29.5 Å². The highest BCUT2D eigenvalue weighted by molar-refractivity contribution is 6.31. The van der Waals surface area contributed by atoms with Crippen molar-refractivity contribution in [3.63, 3.8) is 0 Å². The van der Waals surface area contributed by atoms with Gasteiger partial charge in [0.25, 0.3) is 11.8 Å². The number of amides is 4. The first-order valence-corrected chi connectivity index (χ1v) is 16.7. The maximum absolute atomic E-state index is 15.2. The molecular weight excluding hydrogens is 687 g/mol. The minimum absolute atomic E-state index is 0.0121. The Morgan fingerprint density at radius 3 is 2.12 bits per heavy atom. The number of allylic oxidation sites excluding steroid dienone is 2. The molecule has 2 aliphatic carbocycles. The van der Waals surface area contributed by atoms with Gasteiger partial charge in [0.2, 0.25) is 11.8 Å². The fourth-order valence-electron chi connectivity index (χ4n) is 8.61. The second-order valence-electron chi connectivity index (χ2n) is 13.0. The van der Waals surface area contributed by atoms with Crippen molar-refractivity contribution in [2.45, 2.75) is 24.2 Å². The molecule has 4 aliphatic rings. The Bertz CT molecular complexity index is 2130. The van der Waals surface area contributed by atoms with Crippen LogP contribution in [0.15, 0.2) is 103 Å². The number of carbonyl (C=O) groups excluding carboxylic acids is 4. The molecule has 8 rings (SSSR count). The third-order valence-corrected chi connectivity index (χ3v) is 11.2. The summed E-state index contributed by atoms with van der Waals surface area (Å²) < 4.78 is 29.0. The molecule has 4 aromatic carbocycles. The summed E-state index contributed by atoms with van der Waals surface area (Å²) in [6, 6.07) is 21.9. The van der Waals surface area contributed by atoms with Crippen molar-refractivity contribution in [2.75, 3.05) is 10.3 Å². The van der Waals surface area contributed by atoms with E-state index in [-0.39, 0.29) is 24.1 Å². The van der Waals surface area contributed by atoms with E-state index in [1.165, 1.54) is 36.4 Å². The zero-order valence-corrected chi connectivity index (χ0v) is 27.5. The van der Waals surface area contributed by atoms with E-state index in [1.807, 2.05) is 0 Å². The first-order chi connectivity index (χ1) is 24.0. The van der Waals surface area contributed by atoms with E-state index in [4.69, 9.17) is 23.2 Å². The van der Waals surface area contributed by atoms with Gasteiger partial charge in [-0.1, -0.05) is 59.1 Å². The Hall–Kier alpha value is -5.06. The minimum Gasteiger partial charge on any atom is -0.505 e. The molecule has 2 heterocycles. The van der Waals surface area contributed by atoms with Gasteiger partial charge in [0, 0.05) is 21.5 Å². The standard InChI is InChI=1S/C38H27Cl2F2N3O5/c39-20-6-4-19(5-7-20)38-29(35(48)45(37(38)50)43-23-12-10-22(41)11-13-23)18-28-25(32(38)27-2-1-3-30(42)33(27)46)16-17-26-31(28)36(49)44(34(26)47)24-14-8-21(40)9-15-24/h1-16,26,28-29,31-32,43,46H,17-18H2/t26-,28+,29-,31-,32+,38+/m0/s1. The third-order valence-electron chi connectivity index (χ3n) is 10.7. The molecular formula is C38H27Cl2F2N3O5. The molecule has 50 heavy (non-hydrogen) atoms. The number of carbonyl (C=O) groups is 4. The molecule has 4 aromatic rings. The van der Waals surface area contributed by atoms with Gasteiger partial charge in [-0.25, -0.2) is 8.78 Å². The minimum atomic E-state index is -1.75. The third kappa shape index (κ3) is 4.61. The molecule has 2 N–H and O–H groups in total. The van der Waals surface area contributed by atoms with Crippen LogP contribution in [0.5, 0.6) is 5.75 Å². The summed E-state index contributed by atoms with van der Waals surface area (Å²) in [4.78, 5) is 59.1. The lowest BCUT2D eigenvalue weighted by atomic mass is 9.49. The number of hydrazine groups is 1. The number of aromatic hydroxyl groups is 1. The number of rotatable bonds is 5. The lowest BCUT2D eigenvalue weighted by molar-refractivity contribution is -0.138. The maximum atomic E-state index is 15.2. The van der Waals surface area contributed by atoms with E-state index < -0.39 is 76.0 Å². The Morgan fingerprint density at radius 1 is 0.780 bits per heavy atom. The number of nitrogens with one attached hydrogen (secondary N) is 1. The number of anilines is 2. The highest BCUT2D eigenvalue weighted by Gasteiger charge is 2.70. The molecule has 0 radical (unpaired) electrons. The second kappa shape index (κ2) is 11.8. The fourth-order valence-corrected chi connectivity index (χ4v) is 8.86. The smallest absolute Gasteiger partial charge is 0.260 e. The zero-order valence-electron chi connectivity index (χ0n) is 26.0. The van der Waals surface area contributed by atoms with Gasteiger partial charge in [-0.2, -0.15) is 5.01 Å². The maximum Gasteiger partial charge on any atom is 0.260 e. The second-order valence-corrected chi connectivity index (χ2v) is 13.9. The summed E-state index contributed by atoms with van der Waals surface area (Å²) in [5.74, 6) is -9.01. The van der Waals surface area contributed by atoms with Gasteiger partial charge in [0.1, 0.15) is 5.82 Å². The van der Waals surface area contributed by atoms with Crippen LogP contribution in [-0.2, 0) is 24.6 Å².